The first-order chi connectivity index (χ1) is 10.3. The van der Waals surface area contributed by atoms with Crippen molar-refractivity contribution in [3.05, 3.63) is 59.6 Å². The first-order valence-electron chi connectivity index (χ1n) is 6.84. The highest BCUT2D eigenvalue weighted by Gasteiger charge is 2.07. The lowest BCUT2D eigenvalue weighted by Gasteiger charge is -2.10. The molecule has 1 N–H and O–H groups in total. The molecule has 0 saturated carbocycles. The number of aromatic nitrogens is 1. The predicted octanol–water partition coefficient (Wildman–Crippen LogP) is 5.11. The number of hydrogen-bond acceptors (Lipinski definition) is 3. The molecule has 0 saturated heterocycles. The molecule has 0 bridgehead atoms. The molecule has 0 aliphatic carbocycles. The quantitative estimate of drug-likeness (QED) is 0.726. The summed E-state index contributed by atoms with van der Waals surface area (Å²) in [6, 6.07) is 17.3. The van der Waals surface area contributed by atoms with Gasteiger partial charge < -0.3 is 10.1 Å². The van der Waals surface area contributed by atoms with Crippen LogP contribution in [0, 0.1) is 0 Å². The number of ether oxygens (including phenoxy) is 1. The van der Waals surface area contributed by atoms with Crippen LogP contribution in [0.2, 0.25) is 5.02 Å². The lowest BCUT2D eigenvalue weighted by Crippen LogP contribution is -1.99. The molecule has 0 fully saturated rings. The molecule has 0 aliphatic heterocycles. The molecule has 0 aliphatic rings. The normalized spacial score (nSPS) is 10.6. The summed E-state index contributed by atoms with van der Waals surface area (Å²) in [5, 5.41) is 5.83. The Balaban J connectivity index is 1.98. The number of pyridine rings is 1. The van der Waals surface area contributed by atoms with Gasteiger partial charge in [-0.25, -0.2) is 0 Å². The number of halogens is 1. The van der Waals surface area contributed by atoms with Crippen molar-refractivity contribution in [1.29, 1.82) is 0 Å². The highest BCUT2D eigenvalue weighted by molar-refractivity contribution is 6.35. The summed E-state index contributed by atoms with van der Waals surface area (Å²) >= 11 is 6.22. The molecule has 2 aromatic carbocycles. The number of fused-ring (bicyclic) bond motifs is 1. The van der Waals surface area contributed by atoms with Gasteiger partial charge in [0.15, 0.2) is 0 Å². The van der Waals surface area contributed by atoms with Gasteiger partial charge in [0.2, 0.25) is 5.88 Å². The van der Waals surface area contributed by atoms with Gasteiger partial charge in [0.05, 0.1) is 0 Å². The van der Waals surface area contributed by atoms with Crippen molar-refractivity contribution in [2.45, 2.75) is 6.92 Å². The minimum Gasteiger partial charge on any atom is -0.438 e. The number of benzene rings is 2. The van der Waals surface area contributed by atoms with Gasteiger partial charge in [0.1, 0.15) is 11.6 Å². The lowest BCUT2D eigenvalue weighted by molar-refractivity contribution is 0.469. The van der Waals surface area contributed by atoms with Crippen LogP contribution in [0.5, 0.6) is 11.6 Å². The summed E-state index contributed by atoms with van der Waals surface area (Å²) in [6.45, 7) is 2.85. The summed E-state index contributed by atoms with van der Waals surface area (Å²) in [7, 11) is 0. The van der Waals surface area contributed by atoms with Crippen molar-refractivity contribution in [2.75, 3.05) is 11.9 Å². The highest BCUT2D eigenvalue weighted by Crippen LogP contribution is 2.33. The van der Waals surface area contributed by atoms with Gasteiger partial charge in [-0.15, -0.1) is 0 Å². The standard InChI is InChI=1S/C17H15ClN2O/c1-2-19-16-8-5-9-17(20-16)21-15-11-10-14(18)12-6-3-4-7-13(12)15/h3-11H,2H2,1H3,(H,19,20). The third kappa shape index (κ3) is 2.93. The van der Waals surface area contributed by atoms with Gasteiger partial charge in [0, 0.05) is 28.4 Å². The van der Waals surface area contributed by atoms with Gasteiger partial charge in [-0.1, -0.05) is 41.9 Å². The van der Waals surface area contributed by atoms with E-state index in [4.69, 9.17) is 16.3 Å². The minimum absolute atomic E-state index is 0.556. The fraction of sp³-hybridized carbons (Fsp3) is 0.118. The Bertz CT molecular complexity index is 774. The molecule has 106 valence electrons. The van der Waals surface area contributed by atoms with Crippen LogP contribution in [0.1, 0.15) is 6.92 Å². The zero-order valence-corrected chi connectivity index (χ0v) is 12.4. The van der Waals surface area contributed by atoms with Crippen LogP contribution < -0.4 is 10.1 Å². The Kier molecular flexibility index (Phi) is 3.93. The van der Waals surface area contributed by atoms with Crippen molar-refractivity contribution >= 4 is 28.2 Å². The maximum Gasteiger partial charge on any atom is 0.221 e. The van der Waals surface area contributed by atoms with Crippen LogP contribution >= 0.6 is 11.6 Å². The Morgan fingerprint density at radius 3 is 2.62 bits per heavy atom. The maximum absolute atomic E-state index is 6.22. The molecule has 3 aromatic rings. The second-order valence-corrected chi connectivity index (χ2v) is 4.99. The monoisotopic (exact) mass is 298 g/mol. The Morgan fingerprint density at radius 1 is 1.00 bits per heavy atom. The number of hydrogen-bond donors (Lipinski definition) is 1. The summed E-state index contributed by atoms with van der Waals surface area (Å²) in [4.78, 5) is 4.42. The SMILES string of the molecule is CCNc1cccc(Oc2ccc(Cl)c3ccccc23)n1. The first kappa shape index (κ1) is 13.7. The Labute approximate surface area is 128 Å². The van der Waals surface area contributed by atoms with Gasteiger partial charge in [-0.05, 0) is 25.1 Å². The average molecular weight is 299 g/mol. The van der Waals surface area contributed by atoms with Gasteiger partial charge in [0.25, 0.3) is 0 Å². The summed E-state index contributed by atoms with van der Waals surface area (Å²) < 4.78 is 5.92. The third-order valence-corrected chi connectivity index (χ3v) is 3.46. The molecule has 4 heteroatoms. The van der Waals surface area contributed by atoms with Crippen LogP contribution in [0.25, 0.3) is 10.8 Å². The Hall–Kier alpha value is -2.26. The van der Waals surface area contributed by atoms with E-state index in [1.54, 1.807) is 0 Å². The smallest absolute Gasteiger partial charge is 0.221 e. The molecule has 0 spiro atoms. The van der Waals surface area contributed by atoms with E-state index in [-0.39, 0.29) is 0 Å². The van der Waals surface area contributed by atoms with Crippen LogP contribution in [0.4, 0.5) is 5.82 Å². The molecular weight excluding hydrogens is 284 g/mol. The van der Waals surface area contributed by atoms with Crippen molar-refractivity contribution in [2.24, 2.45) is 0 Å². The topological polar surface area (TPSA) is 34.1 Å². The fourth-order valence-electron chi connectivity index (χ4n) is 2.19. The summed E-state index contributed by atoms with van der Waals surface area (Å²) in [5.41, 5.74) is 0. The average Bonchev–Trinajstić information content (AvgIpc) is 2.51. The first-order valence-corrected chi connectivity index (χ1v) is 7.22. The molecule has 21 heavy (non-hydrogen) atoms. The minimum atomic E-state index is 0.556. The molecule has 0 radical (unpaired) electrons. The van der Waals surface area contributed by atoms with E-state index >= 15 is 0 Å². The molecule has 1 aromatic heterocycles. The van der Waals surface area contributed by atoms with E-state index in [1.165, 1.54) is 0 Å². The number of nitrogens with one attached hydrogen (secondary N) is 1. The van der Waals surface area contributed by atoms with Crippen molar-refractivity contribution < 1.29 is 4.74 Å². The van der Waals surface area contributed by atoms with Gasteiger partial charge in [-0.2, -0.15) is 4.98 Å². The molecule has 1 heterocycles. The van der Waals surface area contributed by atoms with Crippen molar-refractivity contribution in [1.82, 2.24) is 4.98 Å². The van der Waals surface area contributed by atoms with Crippen molar-refractivity contribution in [3.8, 4) is 11.6 Å². The van der Waals surface area contributed by atoms with E-state index in [0.717, 1.165) is 28.9 Å². The number of anilines is 1. The van der Waals surface area contributed by atoms with Crippen LogP contribution in [0.3, 0.4) is 0 Å². The molecule has 0 atom stereocenters. The molecule has 3 nitrogen and oxygen atoms in total. The number of rotatable bonds is 4. The predicted molar refractivity (Wildman–Crippen MR) is 87.4 cm³/mol. The van der Waals surface area contributed by atoms with Crippen molar-refractivity contribution in [3.63, 3.8) is 0 Å². The number of nitrogens with zero attached hydrogens (tertiary/aromatic N) is 1. The highest BCUT2D eigenvalue weighted by atomic mass is 35.5. The van der Waals surface area contributed by atoms with Gasteiger partial charge >= 0.3 is 0 Å². The van der Waals surface area contributed by atoms with E-state index in [0.29, 0.717) is 10.9 Å². The van der Waals surface area contributed by atoms with E-state index in [2.05, 4.69) is 10.3 Å². The van der Waals surface area contributed by atoms with Crippen LogP contribution in [0.15, 0.2) is 54.6 Å². The lowest BCUT2D eigenvalue weighted by atomic mass is 10.1. The summed E-state index contributed by atoms with van der Waals surface area (Å²) in [6.07, 6.45) is 0. The molecular formula is C17H15ClN2O. The van der Waals surface area contributed by atoms with Crippen LogP contribution in [-0.2, 0) is 0 Å². The molecule has 0 unspecified atom stereocenters. The zero-order chi connectivity index (χ0) is 14.7. The van der Waals surface area contributed by atoms with E-state index in [1.807, 2.05) is 61.5 Å². The van der Waals surface area contributed by atoms with Crippen LogP contribution in [-0.4, -0.2) is 11.5 Å². The second-order valence-electron chi connectivity index (χ2n) is 4.58. The molecule has 3 rings (SSSR count). The van der Waals surface area contributed by atoms with E-state index in [9.17, 15) is 0 Å². The van der Waals surface area contributed by atoms with Gasteiger partial charge in [-0.3, -0.25) is 0 Å². The maximum atomic E-state index is 6.22. The Morgan fingerprint density at radius 2 is 1.81 bits per heavy atom. The third-order valence-electron chi connectivity index (χ3n) is 3.13. The zero-order valence-electron chi connectivity index (χ0n) is 11.6. The molecule has 0 amide bonds. The fourth-order valence-corrected chi connectivity index (χ4v) is 2.42. The largest absolute Gasteiger partial charge is 0.438 e. The second kappa shape index (κ2) is 6.02. The summed E-state index contributed by atoms with van der Waals surface area (Å²) in [5.74, 6) is 2.10. The van der Waals surface area contributed by atoms with E-state index < -0.39 is 0 Å².